The Kier molecular flexibility index (Phi) is 3.64. The summed E-state index contributed by atoms with van der Waals surface area (Å²) >= 11 is 6.12. The van der Waals surface area contributed by atoms with Gasteiger partial charge in [-0.3, -0.25) is 0 Å². The second kappa shape index (κ2) is 5.60. The fourth-order valence-electron chi connectivity index (χ4n) is 2.08. The normalized spacial score (nSPS) is 10.8. The lowest BCUT2D eigenvalue weighted by molar-refractivity contribution is 0.465. The van der Waals surface area contributed by atoms with Gasteiger partial charge in [-0.2, -0.15) is 0 Å². The summed E-state index contributed by atoms with van der Waals surface area (Å²) in [5, 5.41) is 11.8. The standard InChI is InChI=1S/C16H13ClN2O2/c17-15-8-13(4-2-11(15)9-18)21-16-14-7-12(20)3-1-10(14)5-6-19-16/h1-8,20H,9,18H2. The molecule has 0 radical (unpaired) electrons. The molecule has 2 aromatic carbocycles. The van der Waals surface area contributed by atoms with Gasteiger partial charge in [-0.1, -0.05) is 23.7 Å². The number of aromatic nitrogens is 1. The summed E-state index contributed by atoms with van der Waals surface area (Å²) in [5.74, 6) is 1.15. The van der Waals surface area contributed by atoms with Crippen molar-refractivity contribution in [2.24, 2.45) is 5.73 Å². The number of aromatic hydroxyl groups is 1. The fourth-order valence-corrected chi connectivity index (χ4v) is 2.33. The predicted molar refractivity (Wildman–Crippen MR) is 82.8 cm³/mol. The van der Waals surface area contributed by atoms with Crippen molar-refractivity contribution in [1.82, 2.24) is 4.98 Å². The van der Waals surface area contributed by atoms with E-state index in [1.807, 2.05) is 18.2 Å². The number of nitrogens with two attached hydrogens (primary N) is 1. The number of nitrogens with zero attached hydrogens (tertiary/aromatic N) is 1. The maximum absolute atomic E-state index is 9.61. The molecule has 0 spiro atoms. The van der Waals surface area contributed by atoms with Crippen LogP contribution < -0.4 is 10.5 Å². The Labute approximate surface area is 126 Å². The minimum Gasteiger partial charge on any atom is -0.508 e. The summed E-state index contributed by atoms with van der Waals surface area (Å²) in [5.41, 5.74) is 6.43. The van der Waals surface area contributed by atoms with Gasteiger partial charge < -0.3 is 15.6 Å². The Balaban J connectivity index is 2.01. The van der Waals surface area contributed by atoms with E-state index >= 15 is 0 Å². The average molecular weight is 301 g/mol. The second-order valence-electron chi connectivity index (χ2n) is 4.58. The van der Waals surface area contributed by atoms with Crippen LogP contribution in [0.5, 0.6) is 17.4 Å². The Bertz CT molecular complexity index is 805. The van der Waals surface area contributed by atoms with Crippen LogP contribution in [-0.4, -0.2) is 10.1 Å². The number of hydrogen-bond acceptors (Lipinski definition) is 4. The van der Waals surface area contributed by atoms with E-state index in [4.69, 9.17) is 22.1 Å². The molecular weight excluding hydrogens is 288 g/mol. The van der Waals surface area contributed by atoms with Gasteiger partial charge in [-0.05, 0) is 41.3 Å². The molecule has 4 nitrogen and oxygen atoms in total. The van der Waals surface area contributed by atoms with E-state index in [1.54, 1.807) is 30.5 Å². The van der Waals surface area contributed by atoms with E-state index in [9.17, 15) is 5.11 Å². The molecule has 0 aliphatic carbocycles. The van der Waals surface area contributed by atoms with Crippen molar-refractivity contribution < 1.29 is 9.84 Å². The molecule has 3 rings (SSSR count). The highest BCUT2D eigenvalue weighted by atomic mass is 35.5. The highest BCUT2D eigenvalue weighted by Gasteiger charge is 2.07. The van der Waals surface area contributed by atoms with Crippen LogP contribution in [0.1, 0.15) is 5.56 Å². The summed E-state index contributed by atoms with van der Waals surface area (Å²) in [7, 11) is 0. The first kappa shape index (κ1) is 13.7. The lowest BCUT2D eigenvalue weighted by atomic mass is 10.1. The molecule has 0 saturated carbocycles. The Morgan fingerprint density at radius 2 is 2.00 bits per heavy atom. The van der Waals surface area contributed by atoms with Gasteiger partial charge in [0, 0.05) is 23.2 Å². The van der Waals surface area contributed by atoms with Gasteiger partial charge in [0.2, 0.25) is 5.88 Å². The average Bonchev–Trinajstić information content (AvgIpc) is 2.48. The second-order valence-corrected chi connectivity index (χ2v) is 4.99. The van der Waals surface area contributed by atoms with Crippen LogP contribution in [0.3, 0.4) is 0 Å². The topological polar surface area (TPSA) is 68.4 Å². The van der Waals surface area contributed by atoms with E-state index in [-0.39, 0.29) is 5.75 Å². The van der Waals surface area contributed by atoms with Crippen molar-refractivity contribution in [3.05, 3.63) is 59.2 Å². The Hall–Kier alpha value is -2.30. The Morgan fingerprint density at radius 3 is 2.76 bits per heavy atom. The number of halogens is 1. The summed E-state index contributed by atoms with van der Waals surface area (Å²) in [6.07, 6.45) is 1.66. The zero-order chi connectivity index (χ0) is 14.8. The van der Waals surface area contributed by atoms with E-state index in [0.717, 1.165) is 16.3 Å². The van der Waals surface area contributed by atoms with E-state index in [2.05, 4.69) is 4.98 Å². The van der Waals surface area contributed by atoms with Crippen molar-refractivity contribution in [2.75, 3.05) is 0 Å². The first-order chi connectivity index (χ1) is 10.2. The van der Waals surface area contributed by atoms with Gasteiger partial charge in [0.05, 0.1) is 0 Å². The quantitative estimate of drug-likeness (QED) is 0.771. The molecule has 0 bridgehead atoms. The minimum absolute atomic E-state index is 0.164. The molecule has 21 heavy (non-hydrogen) atoms. The van der Waals surface area contributed by atoms with Crippen LogP contribution in [0.4, 0.5) is 0 Å². The third-order valence-electron chi connectivity index (χ3n) is 3.17. The highest BCUT2D eigenvalue weighted by Crippen LogP contribution is 2.31. The number of hydrogen-bond donors (Lipinski definition) is 2. The van der Waals surface area contributed by atoms with Gasteiger partial charge in [-0.25, -0.2) is 4.98 Å². The van der Waals surface area contributed by atoms with Crippen LogP contribution in [0.2, 0.25) is 5.02 Å². The maximum Gasteiger partial charge on any atom is 0.227 e. The summed E-state index contributed by atoms with van der Waals surface area (Å²) < 4.78 is 5.78. The maximum atomic E-state index is 9.61. The monoisotopic (exact) mass is 300 g/mol. The molecule has 106 valence electrons. The van der Waals surface area contributed by atoms with Crippen molar-refractivity contribution in [3.63, 3.8) is 0 Å². The number of phenolic OH excluding ortho intramolecular Hbond substituents is 1. The third-order valence-corrected chi connectivity index (χ3v) is 3.52. The third kappa shape index (κ3) is 2.77. The van der Waals surface area contributed by atoms with Gasteiger partial charge in [0.1, 0.15) is 11.5 Å². The van der Waals surface area contributed by atoms with Crippen molar-refractivity contribution in [1.29, 1.82) is 0 Å². The molecule has 0 aliphatic heterocycles. The molecule has 0 atom stereocenters. The SMILES string of the molecule is NCc1ccc(Oc2nccc3ccc(O)cc23)cc1Cl. The first-order valence-corrected chi connectivity index (χ1v) is 6.79. The highest BCUT2D eigenvalue weighted by molar-refractivity contribution is 6.31. The molecule has 1 heterocycles. The predicted octanol–water partition coefficient (Wildman–Crippen LogP) is 3.84. The zero-order valence-electron chi connectivity index (χ0n) is 11.1. The van der Waals surface area contributed by atoms with E-state index in [1.165, 1.54) is 0 Å². The molecule has 0 aliphatic rings. The van der Waals surface area contributed by atoms with E-state index in [0.29, 0.717) is 23.2 Å². The zero-order valence-corrected chi connectivity index (χ0v) is 11.8. The van der Waals surface area contributed by atoms with Gasteiger partial charge in [0.25, 0.3) is 0 Å². The minimum atomic E-state index is 0.164. The first-order valence-electron chi connectivity index (χ1n) is 6.41. The number of pyridine rings is 1. The number of ether oxygens (including phenoxy) is 1. The van der Waals surface area contributed by atoms with Crippen molar-refractivity contribution in [2.45, 2.75) is 6.54 Å². The molecule has 3 N–H and O–H groups in total. The number of phenols is 1. The van der Waals surface area contributed by atoms with Crippen LogP contribution >= 0.6 is 11.6 Å². The smallest absolute Gasteiger partial charge is 0.227 e. The fraction of sp³-hybridized carbons (Fsp3) is 0.0625. The molecular formula is C16H13ClN2O2. The van der Waals surface area contributed by atoms with Crippen LogP contribution in [-0.2, 0) is 6.54 Å². The van der Waals surface area contributed by atoms with E-state index < -0.39 is 0 Å². The van der Waals surface area contributed by atoms with Crippen molar-refractivity contribution >= 4 is 22.4 Å². The lowest BCUT2D eigenvalue weighted by Gasteiger charge is -2.09. The van der Waals surface area contributed by atoms with Crippen molar-refractivity contribution in [3.8, 4) is 17.4 Å². The Morgan fingerprint density at radius 1 is 1.14 bits per heavy atom. The van der Waals surface area contributed by atoms with Crippen LogP contribution in [0, 0.1) is 0 Å². The summed E-state index contributed by atoms with van der Waals surface area (Å²) in [6, 6.07) is 12.2. The van der Waals surface area contributed by atoms with Gasteiger partial charge in [0.15, 0.2) is 0 Å². The summed E-state index contributed by atoms with van der Waals surface area (Å²) in [6.45, 7) is 0.375. The van der Waals surface area contributed by atoms with Gasteiger partial charge in [-0.15, -0.1) is 0 Å². The molecule has 0 saturated heterocycles. The molecule has 1 aromatic heterocycles. The number of fused-ring (bicyclic) bond motifs is 1. The van der Waals surface area contributed by atoms with Gasteiger partial charge >= 0.3 is 0 Å². The summed E-state index contributed by atoms with van der Waals surface area (Å²) in [4.78, 5) is 4.21. The molecule has 0 amide bonds. The van der Waals surface area contributed by atoms with Crippen LogP contribution in [0.15, 0.2) is 48.7 Å². The van der Waals surface area contributed by atoms with Crippen LogP contribution in [0.25, 0.3) is 10.8 Å². The number of benzene rings is 2. The largest absolute Gasteiger partial charge is 0.508 e. The molecule has 5 heteroatoms. The molecule has 3 aromatic rings. The number of rotatable bonds is 3. The molecule has 0 unspecified atom stereocenters. The lowest BCUT2D eigenvalue weighted by Crippen LogP contribution is -1.97. The molecule has 0 fully saturated rings.